The van der Waals surface area contributed by atoms with Gasteiger partial charge in [0.1, 0.15) is 0 Å². The van der Waals surface area contributed by atoms with Crippen LogP contribution >= 0.6 is 24.4 Å². The summed E-state index contributed by atoms with van der Waals surface area (Å²) in [6, 6.07) is 0. The van der Waals surface area contributed by atoms with Gasteiger partial charge in [-0.25, -0.2) is 0 Å². The fourth-order valence-corrected chi connectivity index (χ4v) is 0. The molecule has 0 aromatic carbocycles. The number of thiocarbonyl (C=S) groups is 2. The molecule has 0 bridgehead atoms. The molecular formula is C7H15AuN2S4. The summed E-state index contributed by atoms with van der Waals surface area (Å²) in [4.78, 5) is 3.43. The van der Waals surface area contributed by atoms with Gasteiger partial charge in [0, 0.05) is 28.2 Å². The Kier molecular flexibility index (Phi) is 24.2. The Morgan fingerprint density at radius 1 is 0.857 bits per heavy atom. The second-order valence-corrected chi connectivity index (χ2v) is 4.38. The molecule has 0 aromatic rings. The van der Waals surface area contributed by atoms with Crippen LogP contribution in [-0.4, -0.2) is 46.6 Å². The second-order valence-electron chi connectivity index (χ2n) is 2.32. The normalized spacial score (nSPS) is 6.57. The molecule has 7 heteroatoms. The third-order valence-corrected chi connectivity index (χ3v) is 2.19. The molecule has 0 radical (unpaired) electrons. The molecule has 14 heavy (non-hydrogen) atoms. The summed E-state index contributed by atoms with van der Waals surface area (Å²) in [5, 5.41) is 0. The van der Waals surface area contributed by atoms with Gasteiger partial charge in [-0.3, -0.25) is 0 Å². The van der Waals surface area contributed by atoms with Crippen molar-refractivity contribution in [3.8, 4) is 0 Å². The van der Waals surface area contributed by atoms with E-state index in [4.69, 9.17) is 0 Å². The molecule has 0 aliphatic rings. The molecule has 2 nitrogen and oxygen atoms in total. The van der Waals surface area contributed by atoms with Gasteiger partial charge in [0.25, 0.3) is 0 Å². The quantitative estimate of drug-likeness (QED) is 0.234. The van der Waals surface area contributed by atoms with Gasteiger partial charge in [-0.05, 0) is 0 Å². The van der Waals surface area contributed by atoms with Crippen LogP contribution < -0.4 is 0 Å². The van der Waals surface area contributed by atoms with Crippen molar-refractivity contribution in [3.63, 3.8) is 0 Å². The topological polar surface area (TPSA) is 6.48 Å². The maximum Gasteiger partial charge on any atom is 3.00 e. The van der Waals surface area contributed by atoms with Crippen LogP contribution in [0.2, 0.25) is 0 Å². The maximum atomic E-state index is 4.56. The van der Waals surface area contributed by atoms with Crippen molar-refractivity contribution in [2.45, 2.75) is 0 Å². The fourth-order valence-electron chi connectivity index (χ4n) is 0. The van der Waals surface area contributed by atoms with E-state index in [9.17, 15) is 0 Å². The van der Waals surface area contributed by atoms with Gasteiger partial charge in [-0.2, -0.15) is 0 Å². The van der Waals surface area contributed by atoms with Crippen LogP contribution in [0.3, 0.4) is 0 Å². The Balaban J connectivity index is -0.0000000625. The predicted molar refractivity (Wildman–Crippen MR) is 73.7 cm³/mol. The average Bonchev–Trinajstić information content (AvgIpc) is 1.88. The zero-order valence-electron chi connectivity index (χ0n) is 8.83. The van der Waals surface area contributed by atoms with Crippen molar-refractivity contribution < 1.29 is 22.4 Å². The summed E-state index contributed by atoms with van der Waals surface area (Å²) in [7, 11) is 7.31. The van der Waals surface area contributed by atoms with Crippen LogP contribution in [0, 0.1) is 7.43 Å². The molecule has 0 atom stereocenters. The first-order valence-electron chi connectivity index (χ1n) is 3.05. The van der Waals surface area contributed by atoms with E-state index in [0.29, 0.717) is 8.64 Å². The zero-order chi connectivity index (χ0) is 10.3. The van der Waals surface area contributed by atoms with E-state index in [1.807, 2.05) is 28.2 Å². The molecule has 0 aliphatic heterocycles. The summed E-state index contributed by atoms with van der Waals surface area (Å²) in [5.74, 6) is 0. The maximum absolute atomic E-state index is 4.56. The molecule has 0 saturated carbocycles. The van der Waals surface area contributed by atoms with Crippen molar-refractivity contribution in [1.29, 1.82) is 0 Å². The number of hydrogen-bond donors (Lipinski definition) is 0. The molecular weight excluding hydrogens is 437 g/mol. The largest absolute Gasteiger partial charge is 3.00 e. The monoisotopic (exact) mass is 452 g/mol. The number of hydrogen-bond acceptors (Lipinski definition) is 4. The minimum atomic E-state index is 0. The molecule has 0 unspecified atom stereocenters. The minimum absolute atomic E-state index is 0. The van der Waals surface area contributed by atoms with Crippen LogP contribution in [0.5, 0.6) is 0 Å². The smallest absolute Gasteiger partial charge is 0.411 e. The molecule has 0 rings (SSSR count). The van der Waals surface area contributed by atoms with E-state index in [2.05, 4.69) is 49.7 Å². The second kappa shape index (κ2) is 14.0. The summed E-state index contributed by atoms with van der Waals surface area (Å²) in [5.41, 5.74) is 0. The molecule has 0 N–H and O–H groups in total. The number of nitrogens with zero attached hydrogens (tertiary/aromatic N) is 2. The van der Waals surface area contributed by atoms with Crippen LogP contribution in [0.25, 0.3) is 0 Å². The summed E-state index contributed by atoms with van der Waals surface area (Å²) >= 11 is 18.2. The Morgan fingerprint density at radius 2 is 0.929 bits per heavy atom. The average molecular weight is 452 g/mol. The van der Waals surface area contributed by atoms with Gasteiger partial charge < -0.3 is 66.9 Å². The summed E-state index contributed by atoms with van der Waals surface area (Å²) in [6.07, 6.45) is 0. The van der Waals surface area contributed by atoms with E-state index in [1.165, 1.54) is 0 Å². The van der Waals surface area contributed by atoms with Gasteiger partial charge in [0.05, 0.1) is 0 Å². The first-order chi connectivity index (χ1) is 5.29. The van der Waals surface area contributed by atoms with Crippen molar-refractivity contribution in [2.24, 2.45) is 0 Å². The van der Waals surface area contributed by atoms with E-state index in [0.717, 1.165) is 0 Å². The van der Waals surface area contributed by atoms with Crippen LogP contribution in [0.1, 0.15) is 0 Å². The first kappa shape index (κ1) is 24.3. The Bertz CT molecular complexity index is 144. The van der Waals surface area contributed by atoms with Gasteiger partial charge in [0.15, 0.2) is 0 Å². The SMILES string of the molecule is CN(C)C(=S)[S-].CN(C)C(=S)[S-].[Au+3].[CH3-]. The van der Waals surface area contributed by atoms with Gasteiger partial charge >= 0.3 is 22.4 Å². The van der Waals surface area contributed by atoms with E-state index >= 15 is 0 Å². The van der Waals surface area contributed by atoms with Crippen LogP contribution in [-0.2, 0) is 47.6 Å². The van der Waals surface area contributed by atoms with E-state index in [-0.39, 0.29) is 29.8 Å². The van der Waals surface area contributed by atoms with Crippen molar-refractivity contribution in [2.75, 3.05) is 28.2 Å². The fraction of sp³-hybridized carbons (Fsp3) is 0.571. The van der Waals surface area contributed by atoms with E-state index in [1.54, 1.807) is 9.80 Å². The van der Waals surface area contributed by atoms with Crippen molar-refractivity contribution >= 4 is 58.3 Å². The van der Waals surface area contributed by atoms with Gasteiger partial charge in [0.2, 0.25) is 0 Å². The third-order valence-electron chi connectivity index (χ3n) is 0.730. The minimum Gasteiger partial charge on any atom is -0.411 e. The van der Waals surface area contributed by atoms with Crippen LogP contribution in [0.15, 0.2) is 0 Å². The molecule has 0 saturated heterocycles. The molecule has 0 amide bonds. The molecule has 0 aliphatic carbocycles. The molecule has 0 heterocycles. The van der Waals surface area contributed by atoms with Crippen molar-refractivity contribution in [1.82, 2.24) is 9.80 Å². The summed E-state index contributed by atoms with van der Waals surface area (Å²) < 4.78 is 1.02. The molecule has 88 valence electrons. The Hall–Kier alpha value is 0.960. The van der Waals surface area contributed by atoms with Gasteiger partial charge in [-0.15, -0.1) is 0 Å². The van der Waals surface area contributed by atoms with Gasteiger partial charge in [-0.1, -0.05) is 8.64 Å². The zero-order valence-corrected chi connectivity index (χ0v) is 14.3. The van der Waals surface area contributed by atoms with E-state index < -0.39 is 0 Å². The Morgan fingerprint density at radius 3 is 0.929 bits per heavy atom. The first-order valence-corrected chi connectivity index (χ1v) is 4.69. The standard InChI is InChI=1S/2C3H7NS2.CH3.Au/c2*1-4(2)3(5)6;;/h2*1-2H3,(H,5,6);1H3;/q;;-1;+3/p-2. The predicted octanol–water partition coefficient (Wildman–Crippen LogP) is 1.21. The third kappa shape index (κ3) is 23.1. The number of rotatable bonds is 0. The van der Waals surface area contributed by atoms with Crippen molar-refractivity contribution in [3.05, 3.63) is 7.43 Å². The molecule has 0 fully saturated rings. The molecule has 0 spiro atoms. The molecule has 0 aromatic heterocycles. The Labute approximate surface area is 125 Å². The summed E-state index contributed by atoms with van der Waals surface area (Å²) in [6.45, 7) is 0. The van der Waals surface area contributed by atoms with Crippen LogP contribution in [0.4, 0.5) is 0 Å².